The molecule has 5 heteroatoms. The second-order valence-electron chi connectivity index (χ2n) is 8.05. The first-order valence-corrected chi connectivity index (χ1v) is 10.8. The lowest BCUT2D eigenvalue weighted by molar-refractivity contribution is 0.248. The van der Waals surface area contributed by atoms with E-state index >= 15 is 0 Å². The van der Waals surface area contributed by atoms with E-state index in [4.69, 9.17) is 4.98 Å². The van der Waals surface area contributed by atoms with Crippen molar-refractivity contribution >= 4 is 16.9 Å². The summed E-state index contributed by atoms with van der Waals surface area (Å²) in [4.78, 5) is 23.0. The Labute approximate surface area is 182 Å². The van der Waals surface area contributed by atoms with Gasteiger partial charge in [0, 0.05) is 32.7 Å². The van der Waals surface area contributed by atoms with Gasteiger partial charge in [0.2, 0.25) is 5.95 Å². The summed E-state index contributed by atoms with van der Waals surface area (Å²) in [5, 5.41) is 0.671. The third-order valence-electron chi connectivity index (χ3n) is 5.93. The van der Waals surface area contributed by atoms with Gasteiger partial charge in [-0.25, -0.2) is 4.98 Å². The first-order valence-electron chi connectivity index (χ1n) is 10.8. The van der Waals surface area contributed by atoms with E-state index < -0.39 is 0 Å². The molecule has 1 aliphatic heterocycles. The van der Waals surface area contributed by atoms with Crippen LogP contribution in [0.3, 0.4) is 0 Å². The summed E-state index contributed by atoms with van der Waals surface area (Å²) >= 11 is 0. The van der Waals surface area contributed by atoms with Gasteiger partial charge in [-0.2, -0.15) is 0 Å². The molecule has 0 aliphatic carbocycles. The lowest BCUT2D eigenvalue weighted by Crippen LogP contribution is -2.48. The predicted octanol–water partition coefficient (Wildman–Crippen LogP) is 3.77. The van der Waals surface area contributed by atoms with Crippen molar-refractivity contribution in [2.45, 2.75) is 13.1 Å². The van der Waals surface area contributed by atoms with Crippen LogP contribution in [0.1, 0.15) is 11.1 Å². The van der Waals surface area contributed by atoms with E-state index in [-0.39, 0.29) is 5.56 Å². The zero-order valence-electron chi connectivity index (χ0n) is 17.5. The molecule has 1 aromatic heterocycles. The normalized spacial score (nSPS) is 14.8. The fourth-order valence-corrected chi connectivity index (χ4v) is 4.25. The highest BCUT2D eigenvalue weighted by molar-refractivity contribution is 5.78. The molecule has 31 heavy (non-hydrogen) atoms. The molecule has 5 nitrogen and oxygen atoms in total. The van der Waals surface area contributed by atoms with Crippen molar-refractivity contribution in [2.75, 3.05) is 31.1 Å². The highest BCUT2D eigenvalue weighted by Gasteiger charge is 2.22. The van der Waals surface area contributed by atoms with Crippen molar-refractivity contribution in [2.24, 2.45) is 0 Å². The minimum Gasteiger partial charge on any atom is -0.340 e. The number of hydrogen-bond acceptors (Lipinski definition) is 4. The van der Waals surface area contributed by atoms with Crippen LogP contribution in [0, 0.1) is 0 Å². The van der Waals surface area contributed by atoms with Crippen LogP contribution in [0.2, 0.25) is 0 Å². The standard InChI is InChI=1S/C26H26N4O/c31-25-23-13-7-8-14-24(23)27-26(30(25)20-22-11-5-2-6-12-22)29-17-15-28(16-18-29)19-21-9-3-1-4-10-21/h1-14H,15-20H2. The molecule has 0 spiro atoms. The molecule has 3 aromatic carbocycles. The third-order valence-corrected chi connectivity index (χ3v) is 5.93. The summed E-state index contributed by atoms with van der Waals surface area (Å²) in [5.41, 5.74) is 3.22. The first kappa shape index (κ1) is 19.5. The molecule has 0 unspecified atom stereocenters. The molecule has 1 fully saturated rings. The summed E-state index contributed by atoms with van der Waals surface area (Å²) in [6.45, 7) is 5.08. The fourth-order valence-electron chi connectivity index (χ4n) is 4.25. The summed E-state index contributed by atoms with van der Waals surface area (Å²) in [6.07, 6.45) is 0. The van der Waals surface area contributed by atoms with Gasteiger partial charge >= 0.3 is 0 Å². The van der Waals surface area contributed by atoms with E-state index in [2.05, 4.69) is 52.3 Å². The average Bonchev–Trinajstić information content (AvgIpc) is 2.83. The minimum absolute atomic E-state index is 0.0242. The molecular weight excluding hydrogens is 384 g/mol. The number of benzene rings is 3. The molecule has 0 saturated carbocycles. The van der Waals surface area contributed by atoms with Crippen molar-refractivity contribution in [1.82, 2.24) is 14.5 Å². The van der Waals surface area contributed by atoms with E-state index in [1.54, 1.807) is 0 Å². The quantitative estimate of drug-likeness (QED) is 0.502. The number of piperazine rings is 1. The maximum Gasteiger partial charge on any atom is 0.263 e. The first-order chi connectivity index (χ1) is 15.3. The van der Waals surface area contributed by atoms with Gasteiger partial charge in [-0.3, -0.25) is 14.3 Å². The molecule has 0 amide bonds. The van der Waals surface area contributed by atoms with Crippen molar-refractivity contribution in [3.8, 4) is 0 Å². The third kappa shape index (κ3) is 4.23. The fraction of sp³-hybridized carbons (Fsp3) is 0.231. The Morgan fingerprint density at radius 3 is 1.94 bits per heavy atom. The van der Waals surface area contributed by atoms with Crippen molar-refractivity contribution in [3.63, 3.8) is 0 Å². The van der Waals surface area contributed by atoms with E-state index in [1.165, 1.54) is 5.56 Å². The van der Waals surface area contributed by atoms with Crippen LogP contribution < -0.4 is 10.5 Å². The zero-order valence-corrected chi connectivity index (χ0v) is 17.5. The van der Waals surface area contributed by atoms with Crippen LogP contribution in [0.4, 0.5) is 5.95 Å². The molecular formula is C26H26N4O. The van der Waals surface area contributed by atoms with Gasteiger partial charge in [-0.05, 0) is 23.3 Å². The second-order valence-corrected chi connectivity index (χ2v) is 8.05. The van der Waals surface area contributed by atoms with Gasteiger partial charge in [0.25, 0.3) is 5.56 Å². The van der Waals surface area contributed by atoms with Gasteiger partial charge < -0.3 is 4.90 Å². The predicted molar refractivity (Wildman–Crippen MR) is 125 cm³/mol. The topological polar surface area (TPSA) is 41.4 Å². The smallest absolute Gasteiger partial charge is 0.263 e. The molecule has 2 heterocycles. The maximum atomic E-state index is 13.4. The second kappa shape index (κ2) is 8.74. The Balaban J connectivity index is 1.43. The zero-order chi connectivity index (χ0) is 21.0. The Morgan fingerprint density at radius 1 is 0.677 bits per heavy atom. The minimum atomic E-state index is 0.0242. The maximum absolute atomic E-state index is 13.4. The number of para-hydroxylation sites is 1. The number of nitrogens with zero attached hydrogens (tertiary/aromatic N) is 4. The van der Waals surface area contributed by atoms with Crippen molar-refractivity contribution in [3.05, 3.63) is 106 Å². The van der Waals surface area contributed by atoms with Gasteiger partial charge in [-0.15, -0.1) is 0 Å². The van der Waals surface area contributed by atoms with Gasteiger partial charge in [0.05, 0.1) is 17.4 Å². The van der Waals surface area contributed by atoms with Gasteiger partial charge in [-0.1, -0.05) is 72.8 Å². The number of fused-ring (bicyclic) bond motifs is 1. The van der Waals surface area contributed by atoms with E-state index in [1.807, 2.05) is 47.0 Å². The Bertz CT molecular complexity index is 1210. The molecule has 4 aromatic rings. The van der Waals surface area contributed by atoms with Crippen LogP contribution in [0.5, 0.6) is 0 Å². The molecule has 1 aliphatic rings. The Kier molecular flexibility index (Phi) is 5.50. The molecule has 0 bridgehead atoms. The molecule has 0 N–H and O–H groups in total. The lowest BCUT2D eigenvalue weighted by Gasteiger charge is -2.36. The van der Waals surface area contributed by atoms with E-state index in [0.717, 1.165) is 49.8 Å². The molecule has 1 saturated heterocycles. The summed E-state index contributed by atoms with van der Waals surface area (Å²) in [5.74, 6) is 0.770. The number of aromatic nitrogens is 2. The summed E-state index contributed by atoms with van der Waals surface area (Å²) in [7, 11) is 0. The molecule has 5 rings (SSSR count). The van der Waals surface area contributed by atoms with E-state index in [0.29, 0.717) is 11.9 Å². The van der Waals surface area contributed by atoms with Crippen LogP contribution in [-0.4, -0.2) is 40.6 Å². The van der Waals surface area contributed by atoms with Crippen molar-refractivity contribution < 1.29 is 0 Å². The Morgan fingerprint density at radius 2 is 1.26 bits per heavy atom. The number of rotatable bonds is 5. The molecule has 0 radical (unpaired) electrons. The van der Waals surface area contributed by atoms with Gasteiger partial charge in [0.15, 0.2) is 0 Å². The summed E-state index contributed by atoms with van der Waals surface area (Å²) < 4.78 is 1.84. The lowest BCUT2D eigenvalue weighted by atomic mass is 10.2. The van der Waals surface area contributed by atoms with Crippen LogP contribution in [-0.2, 0) is 13.1 Å². The number of anilines is 1. The Hall–Kier alpha value is -3.44. The monoisotopic (exact) mass is 410 g/mol. The largest absolute Gasteiger partial charge is 0.340 e. The molecule has 0 atom stereocenters. The van der Waals surface area contributed by atoms with Crippen LogP contribution in [0.25, 0.3) is 10.9 Å². The SMILES string of the molecule is O=c1c2ccccc2nc(N2CCN(Cc3ccccc3)CC2)n1Cc1ccccc1. The number of hydrogen-bond donors (Lipinski definition) is 0. The average molecular weight is 411 g/mol. The highest BCUT2D eigenvalue weighted by Crippen LogP contribution is 2.19. The van der Waals surface area contributed by atoms with Crippen LogP contribution in [0.15, 0.2) is 89.7 Å². The van der Waals surface area contributed by atoms with Crippen LogP contribution >= 0.6 is 0 Å². The van der Waals surface area contributed by atoms with Gasteiger partial charge in [0.1, 0.15) is 0 Å². The highest BCUT2D eigenvalue weighted by atomic mass is 16.1. The van der Waals surface area contributed by atoms with E-state index in [9.17, 15) is 4.79 Å². The molecule has 156 valence electrons. The van der Waals surface area contributed by atoms with Crippen molar-refractivity contribution in [1.29, 1.82) is 0 Å². The summed E-state index contributed by atoms with van der Waals surface area (Å²) in [6, 6.07) is 28.4.